The van der Waals surface area contributed by atoms with Gasteiger partial charge in [0.05, 0.1) is 0 Å². The molecule has 0 aliphatic heterocycles. The van der Waals surface area contributed by atoms with Crippen molar-refractivity contribution in [2.75, 3.05) is 18.9 Å². The molecule has 3 heteroatoms. The van der Waals surface area contributed by atoms with E-state index in [1.54, 1.807) is 0 Å². The molecule has 0 saturated heterocycles. The van der Waals surface area contributed by atoms with Gasteiger partial charge in [0.2, 0.25) is 0 Å². The van der Waals surface area contributed by atoms with Gasteiger partial charge in [-0.25, -0.2) is 0 Å². The van der Waals surface area contributed by atoms with Crippen LogP contribution in [0, 0.1) is 6.92 Å². The van der Waals surface area contributed by atoms with E-state index in [0.29, 0.717) is 6.04 Å². The van der Waals surface area contributed by atoms with E-state index >= 15 is 0 Å². The van der Waals surface area contributed by atoms with Gasteiger partial charge in [-0.1, -0.05) is 19.8 Å². The average molecular weight is 274 g/mol. The van der Waals surface area contributed by atoms with Crippen LogP contribution < -0.4 is 5.32 Å². The number of benzene rings is 1. The number of carbonyl (C=O) groups excluding carboxylic acids is 1. The van der Waals surface area contributed by atoms with Crippen molar-refractivity contribution in [3.8, 4) is 0 Å². The second kappa shape index (κ2) is 6.78. The lowest BCUT2D eigenvalue weighted by atomic mass is 10.1. The largest absolute Gasteiger partial charge is 0.385 e. The zero-order valence-electron chi connectivity index (χ0n) is 12.9. The number of nitrogens with zero attached hydrogens (tertiary/aromatic N) is 1. The summed E-state index contributed by atoms with van der Waals surface area (Å²) >= 11 is 0. The minimum absolute atomic E-state index is 0.155. The van der Waals surface area contributed by atoms with Crippen LogP contribution in [0.25, 0.3) is 0 Å². The average Bonchev–Trinajstić information content (AvgIpc) is 2.98. The summed E-state index contributed by atoms with van der Waals surface area (Å²) in [4.78, 5) is 14.4. The Labute approximate surface area is 122 Å². The van der Waals surface area contributed by atoms with Gasteiger partial charge in [-0.05, 0) is 49.9 Å². The van der Waals surface area contributed by atoms with Gasteiger partial charge in [0.1, 0.15) is 0 Å². The number of hydrogen-bond donors (Lipinski definition) is 1. The Balaban J connectivity index is 2.08. The quantitative estimate of drug-likeness (QED) is 0.885. The van der Waals surface area contributed by atoms with Crippen LogP contribution >= 0.6 is 0 Å². The van der Waals surface area contributed by atoms with Gasteiger partial charge in [-0.3, -0.25) is 4.79 Å². The Morgan fingerprint density at radius 2 is 2.05 bits per heavy atom. The number of aryl methyl sites for hydroxylation is 1. The molecule has 1 fully saturated rings. The summed E-state index contributed by atoms with van der Waals surface area (Å²) in [5, 5.41) is 3.39. The van der Waals surface area contributed by atoms with Crippen LogP contribution in [-0.4, -0.2) is 30.4 Å². The van der Waals surface area contributed by atoms with Gasteiger partial charge in [0, 0.05) is 30.9 Å². The summed E-state index contributed by atoms with van der Waals surface area (Å²) in [5.41, 5.74) is 3.08. The van der Waals surface area contributed by atoms with Crippen LogP contribution in [0.5, 0.6) is 0 Å². The standard InChI is InChI=1S/C17H26N2O/c1-4-11-18-16-10-9-14(12-13(16)2)17(20)19(3)15-7-5-6-8-15/h9-10,12,15,18H,4-8,11H2,1-3H3. The number of hydrogen-bond acceptors (Lipinski definition) is 2. The molecule has 1 aromatic carbocycles. The molecule has 1 aromatic rings. The molecule has 0 bridgehead atoms. The number of carbonyl (C=O) groups is 1. The van der Waals surface area contributed by atoms with Crippen molar-refractivity contribution in [1.29, 1.82) is 0 Å². The molecular formula is C17H26N2O. The molecule has 3 nitrogen and oxygen atoms in total. The fourth-order valence-corrected chi connectivity index (χ4v) is 2.92. The lowest BCUT2D eigenvalue weighted by Crippen LogP contribution is -2.35. The third-order valence-electron chi connectivity index (χ3n) is 4.23. The first kappa shape index (κ1) is 14.9. The summed E-state index contributed by atoms with van der Waals surface area (Å²) in [7, 11) is 1.94. The molecule has 20 heavy (non-hydrogen) atoms. The van der Waals surface area contributed by atoms with Gasteiger partial charge < -0.3 is 10.2 Å². The number of amides is 1. The molecule has 0 atom stereocenters. The second-order valence-corrected chi connectivity index (χ2v) is 5.81. The van der Waals surface area contributed by atoms with Crippen LogP contribution in [0.1, 0.15) is 54.9 Å². The zero-order chi connectivity index (χ0) is 14.5. The van der Waals surface area contributed by atoms with E-state index in [2.05, 4.69) is 19.2 Å². The maximum Gasteiger partial charge on any atom is 0.253 e. The molecule has 0 heterocycles. The van der Waals surface area contributed by atoms with Crippen LogP contribution in [0.15, 0.2) is 18.2 Å². The highest BCUT2D eigenvalue weighted by atomic mass is 16.2. The van der Waals surface area contributed by atoms with Crippen molar-refractivity contribution in [3.05, 3.63) is 29.3 Å². The summed E-state index contributed by atoms with van der Waals surface area (Å²) in [6.07, 6.45) is 5.90. The van der Waals surface area contributed by atoms with E-state index in [0.717, 1.165) is 42.6 Å². The minimum Gasteiger partial charge on any atom is -0.385 e. The minimum atomic E-state index is 0.155. The van der Waals surface area contributed by atoms with Crippen molar-refractivity contribution in [2.45, 2.75) is 52.0 Å². The Morgan fingerprint density at radius 3 is 2.65 bits per heavy atom. The molecule has 1 amide bonds. The molecule has 0 unspecified atom stereocenters. The molecule has 0 aromatic heterocycles. The van der Waals surface area contributed by atoms with Crippen LogP contribution in [-0.2, 0) is 0 Å². The Morgan fingerprint density at radius 1 is 1.35 bits per heavy atom. The highest BCUT2D eigenvalue weighted by Crippen LogP contribution is 2.24. The SMILES string of the molecule is CCCNc1ccc(C(=O)N(C)C2CCCC2)cc1C. The lowest BCUT2D eigenvalue weighted by Gasteiger charge is -2.24. The lowest BCUT2D eigenvalue weighted by molar-refractivity contribution is 0.0735. The van der Waals surface area contributed by atoms with Crippen molar-refractivity contribution in [1.82, 2.24) is 4.90 Å². The van der Waals surface area contributed by atoms with Crippen molar-refractivity contribution in [3.63, 3.8) is 0 Å². The third kappa shape index (κ3) is 3.33. The molecule has 1 aliphatic rings. The summed E-state index contributed by atoms with van der Waals surface area (Å²) in [5.74, 6) is 0.155. The second-order valence-electron chi connectivity index (χ2n) is 5.81. The predicted molar refractivity (Wildman–Crippen MR) is 84.3 cm³/mol. The van der Waals surface area contributed by atoms with Gasteiger partial charge in [-0.2, -0.15) is 0 Å². The van der Waals surface area contributed by atoms with E-state index in [4.69, 9.17) is 0 Å². The van der Waals surface area contributed by atoms with Crippen molar-refractivity contribution in [2.24, 2.45) is 0 Å². The van der Waals surface area contributed by atoms with E-state index in [-0.39, 0.29) is 5.91 Å². The molecule has 1 saturated carbocycles. The topological polar surface area (TPSA) is 32.3 Å². The van der Waals surface area contributed by atoms with Crippen LogP contribution in [0.4, 0.5) is 5.69 Å². The highest BCUT2D eigenvalue weighted by molar-refractivity contribution is 5.95. The third-order valence-corrected chi connectivity index (χ3v) is 4.23. The summed E-state index contributed by atoms with van der Waals surface area (Å²) in [6.45, 7) is 5.18. The van der Waals surface area contributed by atoms with Gasteiger partial charge in [-0.15, -0.1) is 0 Å². The number of rotatable bonds is 5. The molecule has 1 N–H and O–H groups in total. The molecule has 110 valence electrons. The van der Waals surface area contributed by atoms with Gasteiger partial charge in [0.15, 0.2) is 0 Å². The van der Waals surface area contributed by atoms with Crippen LogP contribution in [0.2, 0.25) is 0 Å². The van der Waals surface area contributed by atoms with E-state index in [1.807, 2.05) is 30.1 Å². The normalized spacial score (nSPS) is 15.3. The first-order valence-corrected chi connectivity index (χ1v) is 7.75. The molecule has 2 rings (SSSR count). The van der Waals surface area contributed by atoms with E-state index in [1.165, 1.54) is 12.8 Å². The van der Waals surface area contributed by atoms with Crippen molar-refractivity contribution >= 4 is 11.6 Å². The zero-order valence-corrected chi connectivity index (χ0v) is 12.9. The Hall–Kier alpha value is -1.51. The number of anilines is 1. The van der Waals surface area contributed by atoms with Crippen LogP contribution in [0.3, 0.4) is 0 Å². The summed E-state index contributed by atoms with van der Waals surface area (Å²) in [6, 6.07) is 6.41. The van der Waals surface area contributed by atoms with Gasteiger partial charge >= 0.3 is 0 Å². The van der Waals surface area contributed by atoms with Crippen molar-refractivity contribution < 1.29 is 4.79 Å². The summed E-state index contributed by atoms with van der Waals surface area (Å²) < 4.78 is 0. The Bertz CT molecular complexity index is 464. The fraction of sp³-hybridized carbons (Fsp3) is 0.588. The predicted octanol–water partition coefficient (Wildman–Crippen LogP) is 3.83. The fourth-order valence-electron chi connectivity index (χ4n) is 2.92. The van der Waals surface area contributed by atoms with Gasteiger partial charge in [0.25, 0.3) is 5.91 Å². The first-order valence-electron chi connectivity index (χ1n) is 7.75. The molecule has 1 aliphatic carbocycles. The van der Waals surface area contributed by atoms with E-state index < -0.39 is 0 Å². The highest BCUT2D eigenvalue weighted by Gasteiger charge is 2.24. The smallest absolute Gasteiger partial charge is 0.253 e. The first-order chi connectivity index (χ1) is 9.63. The molecular weight excluding hydrogens is 248 g/mol. The maximum absolute atomic E-state index is 12.5. The van der Waals surface area contributed by atoms with E-state index in [9.17, 15) is 4.79 Å². The Kier molecular flexibility index (Phi) is 5.05. The molecule has 0 spiro atoms. The monoisotopic (exact) mass is 274 g/mol. The maximum atomic E-state index is 12.5. The number of nitrogens with one attached hydrogen (secondary N) is 1. The molecule has 0 radical (unpaired) electrons.